The van der Waals surface area contributed by atoms with E-state index in [0.717, 1.165) is 31.6 Å². The van der Waals surface area contributed by atoms with Crippen LogP contribution in [0.2, 0.25) is 0 Å². The molecule has 1 fully saturated rings. The summed E-state index contributed by atoms with van der Waals surface area (Å²) in [5.74, 6) is 0.180. The molecule has 23 heavy (non-hydrogen) atoms. The van der Waals surface area contributed by atoms with Crippen LogP contribution in [0, 0.1) is 0 Å². The van der Waals surface area contributed by atoms with E-state index >= 15 is 0 Å². The Kier molecular flexibility index (Phi) is 5.27. The molecule has 1 amide bonds. The first-order chi connectivity index (χ1) is 11.3. The lowest BCUT2D eigenvalue weighted by Gasteiger charge is -2.23. The Hall–Kier alpha value is -1.89. The van der Waals surface area contributed by atoms with Crippen LogP contribution in [0.15, 0.2) is 35.5 Å². The van der Waals surface area contributed by atoms with E-state index in [4.69, 9.17) is 0 Å². The highest BCUT2D eigenvalue weighted by Crippen LogP contribution is 2.24. The predicted octanol–water partition coefficient (Wildman–Crippen LogP) is 2.55. The largest absolute Gasteiger partial charge is 0.342 e. The van der Waals surface area contributed by atoms with Gasteiger partial charge >= 0.3 is 0 Å². The Bertz CT molecular complexity index is 637. The number of carbonyl (C=O) groups excluding carboxylic acids is 1. The quantitative estimate of drug-likeness (QED) is 0.806. The average molecular weight is 331 g/mol. The molecular formula is C16H21N5OS. The molecule has 6 nitrogen and oxygen atoms in total. The number of rotatable bonds is 4. The fourth-order valence-corrected chi connectivity index (χ4v) is 3.63. The third kappa shape index (κ3) is 3.90. The fraction of sp³-hybridized carbons (Fsp3) is 0.500. The Morgan fingerprint density at radius 2 is 1.83 bits per heavy atom. The van der Waals surface area contributed by atoms with Crippen molar-refractivity contribution in [2.45, 2.75) is 43.0 Å². The molecule has 0 bridgehead atoms. The zero-order valence-electron chi connectivity index (χ0n) is 13.3. The molecule has 1 atom stereocenters. The van der Waals surface area contributed by atoms with Crippen LogP contribution in [0.25, 0.3) is 5.69 Å². The van der Waals surface area contributed by atoms with Crippen molar-refractivity contribution in [3.05, 3.63) is 30.3 Å². The molecule has 122 valence electrons. The number of hydrogen-bond donors (Lipinski definition) is 0. The second-order valence-electron chi connectivity index (χ2n) is 5.71. The highest BCUT2D eigenvalue weighted by molar-refractivity contribution is 8.00. The molecule has 1 aliphatic rings. The van der Waals surface area contributed by atoms with E-state index in [1.807, 2.05) is 42.2 Å². The van der Waals surface area contributed by atoms with Gasteiger partial charge in [-0.25, -0.2) is 0 Å². The summed E-state index contributed by atoms with van der Waals surface area (Å²) < 4.78 is 1.68. The molecule has 0 saturated carbocycles. The lowest BCUT2D eigenvalue weighted by atomic mass is 10.2. The summed E-state index contributed by atoms with van der Waals surface area (Å²) in [5, 5.41) is 12.3. The van der Waals surface area contributed by atoms with E-state index in [1.54, 1.807) is 4.68 Å². The SMILES string of the molecule is C[C@@H](Sc1nnnn1-c1ccccc1)C(=O)N1CCCCCC1. The van der Waals surface area contributed by atoms with E-state index in [9.17, 15) is 4.79 Å². The summed E-state index contributed by atoms with van der Waals surface area (Å²) >= 11 is 1.42. The maximum Gasteiger partial charge on any atom is 0.235 e. The van der Waals surface area contributed by atoms with E-state index in [1.165, 1.54) is 24.6 Å². The number of thioether (sulfide) groups is 1. The first-order valence-corrected chi connectivity index (χ1v) is 8.93. The van der Waals surface area contributed by atoms with Crippen molar-refractivity contribution in [1.82, 2.24) is 25.1 Å². The Balaban J connectivity index is 1.69. The molecule has 3 rings (SSSR count). The van der Waals surface area contributed by atoms with Crippen LogP contribution in [0.1, 0.15) is 32.6 Å². The number of amides is 1. The smallest absolute Gasteiger partial charge is 0.235 e. The van der Waals surface area contributed by atoms with Crippen LogP contribution < -0.4 is 0 Å². The minimum Gasteiger partial charge on any atom is -0.342 e. The molecule has 0 spiro atoms. The van der Waals surface area contributed by atoms with Gasteiger partial charge in [-0.15, -0.1) is 5.10 Å². The van der Waals surface area contributed by atoms with E-state index < -0.39 is 0 Å². The number of hydrogen-bond acceptors (Lipinski definition) is 5. The molecule has 0 aliphatic carbocycles. The van der Waals surface area contributed by atoms with Crippen LogP contribution in [0.3, 0.4) is 0 Å². The molecule has 1 aliphatic heterocycles. The second kappa shape index (κ2) is 7.59. The van der Waals surface area contributed by atoms with E-state index in [0.29, 0.717) is 5.16 Å². The van der Waals surface area contributed by atoms with Crippen LogP contribution in [-0.4, -0.2) is 49.4 Å². The molecule has 1 saturated heterocycles. The Morgan fingerprint density at radius 1 is 1.13 bits per heavy atom. The maximum absolute atomic E-state index is 12.7. The van der Waals surface area contributed by atoms with Crippen LogP contribution >= 0.6 is 11.8 Å². The highest BCUT2D eigenvalue weighted by atomic mass is 32.2. The van der Waals surface area contributed by atoms with Crippen molar-refractivity contribution < 1.29 is 4.79 Å². The minimum atomic E-state index is -0.193. The average Bonchev–Trinajstić information content (AvgIpc) is 2.87. The van der Waals surface area contributed by atoms with Crippen molar-refractivity contribution in [1.29, 1.82) is 0 Å². The number of carbonyl (C=O) groups is 1. The second-order valence-corrected chi connectivity index (χ2v) is 7.02. The molecule has 2 aromatic rings. The summed E-state index contributed by atoms with van der Waals surface area (Å²) in [6, 6.07) is 9.73. The lowest BCUT2D eigenvalue weighted by molar-refractivity contribution is -0.130. The number of likely N-dealkylation sites (tertiary alicyclic amines) is 1. The van der Waals surface area contributed by atoms with Gasteiger partial charge in [-0.2, -0.15) is 4.68 Å². The van der Waals surface area contributed by atoms with Gasteiger partial charge in [0.25, 0.3) is 0 Å². The van der Waals surface area contributed by atoms with Gasteiger partial charge in [-0.3, -0.25) is 4.79 Å². The fourth-order valence-electron chi connectivity index (χ4n) is 2.74. The Labute approximate surface area is 140 Å². The first-order valence-electron chi connectivity index (χ1n) is 8.05. The van der Waals surface area contributed by atoms with Gasteiger partial charge in [0.2, 0.25) is 11.1 Å². The lowest BCUT2D eigenvalue weighted by Crippen LogP contribution is -2.37. The van der Waals surface area contributed by atoms with Crippen LogP contribution in [0.5, 0.6) is 0 Å². The topological polar surface area (TPSA) is 63.9 Å². The first kappa shape index (κ1) is 16.0. The van der Waals surface area contributed by atoms with E-state index in [2.05, 4.69) is 15.5 Å². The molecular weight excluding hydrogens is 310 g/mol. The normalized spacial score (nSPS) is 16.8. The van der Waals surface area contributed by atoms with Crippen LogP contribution in [0.4, 0.5) is 0 Å². The number of para-hydroxylation sites is 1. The number of benzene rings is 1. The van der Waals surface area contributed by atoms with Gasteiger partial charge in [-0.05, 0) is 42.3 Å². The van der Waals surface area contributed by atoms with E-state index in [-0.39, 0.29) is 11.2 Å². The van der Waals surface area contributed by atoms with Crippen molar-refractivity contribution in [2.75, 3.05) is 13.1 Å². The molecule has 1 aromatic carbocycles. The van der Waals surface area contributed by atoms with Gasteiger partial charge in [0.15, 0.2) is 0 Å². The summed E-state index contributed by atoms with van der Waals surface area (Å²) in [6.45, 7) is 3.67. The monoisotopic (exact) mass is 331 g/mol. The molecule has 1 aromatic heterocycles. The van der Waals surface area contributed by atoms with Crippen LogP contribution in [-0.2, 0) is 4.79 Å². The molecule has 2 heterocycles. The molecule has 0 N–H and O–H groups in total. The number of tetrazole rings is 1. The summed E-state index contributed by atoms with van der Waals surface area (Å²) in [6.07, 6.45) is 4.64. The predicted molar refractivity (Wildman–Crippen MR) is 89.5 cm³/mol. The molecule has 0 radical (unpaired) electrons. The third-order valence-electron chi connectivity index (χ3n) is 3.99. The third-order valence-corrected chi connectivity index (χ3v) is 5.01. The summed E-state index contributed by atoms with van der Waals surface area (Å²) in [4.78, 5) is 14.6. The van der Waals surface area contributed by atoms with Gasteiger partial charge in [0, 0.05) is 13.1 Å². The summed E-state index contributed by atoms with van der Waals surface area (Å²) in [5.41, 5.74) is 0.898. The molecule has 0 unspecified atom stereocenters. The van der Waals surface area contributed by atoms with Gasteiger partial charge in [0.1, 0.15) is 0 Å². The van der Waals surface area contributed by atoms with Gasteiger partial charge in [0.05, 0.1) is 10.9 Å². The maximum atomic E-state index is 12.7. The van der Waals surface area contributed by atoms with Crippen molar-refractivity contribution in [3.63, 3.8) is 0 Å². The number of aromatic nitrogens is 4. The standard InChI is InChI=1S/C16H21N5OS/c1-13(15(22)20-11-7-2-3-8-12-20)23-16-17-18-19-21(16)14-9-5-4-6-10-14/h4-6,9-10,13H,2-3,7-8,11-12H2,1H3/t13-/m1/s1. The highest BCUT2D eigenvalue weighted by Gasteiger charge is 2.24. The Morgan fingerprint density at radius 3 is 2.52 bits per heavy atom. The summed E-state index contributed by atoms with van der Waals surface area (Å²) in [7, 11) is 0. The minimum absolute atomic E-state index is 0.180. The zero-order valence-corrected chi connectivity index (χ0v) is 14.1. The van der Waals surface area contributed by atoms with Gasteiger partial charge in [-0.1, -0.05) is 42.8 Å². The van der Waals surface area contributed by atoms with Crippen molar-refractivity contribution >= 4 is 17.7 Å². The van der Waals surface area contributed by atoms with Crippen molar-refractivity contribution in [3.8, 4) is 5.69 Å². The molecule has 7 heteroatoms. The van der Waals surface area contributed by atoms with Crippen molar-refractivity contribution in [2.24, 2.45) is 0 Å². The number of nitrogens with zero attached hydrogens (tertiary/aromatic N) is 5. The zero-order chi connectivity index (χ0) is 16.1. The van der Waals surface area contributed by atoms with Gasteiger partial charge < -0.3 is 4.90 Å².